The molecule has 0 bridgehead atoms. The molecule has 0 N–H and O–H groups in total. The summed E-state index contributed by atoms with van der Waals surface area (Å²) >= 11 is 0. The Labute approximate surface area is 168 Å². The molecule has 0 saturated carbocycles. The second-order valence-corrected chi connectivity index (χ2v) is 7.44. The van der Waals surface area contributed by atoms with Crippen LogP contribution in [0.25, 0.3) is 10.9 Å². The minimum Gasteiger partial charge on any atom is -0.324 e. The van der Waals surface area contributed by atoms with Gasteiger partial charge in [0.1, 0.15) is 5.82 Å². The fraction of sp³-hybridized carbons (Fsp3) is 0.160. The number of hydrogen-bond donors (Lipinski definition) is 0. The maximum absolute atomic E-state index is 12.8. The maximum Gasteiger partial charge on any atom is 0.280 e. The van der Waals surface area contributed by atoms with Crippen molar-refractivity contribution in [1.82, 2.24) is 9.55 Å². The van der Waals surface area contributed by atoms with Gasteiger partial charge in [-0.25, -0.2) is 0 Å². The summed E-state index contributed by atoms with van der Waals surface area (Å²) < 4.78 is 2.18. The molecule has 0 saturated heterocycles. The number of fused-ring (bicyclic) bond motifs is 4. The lowest BCUT2D eigenvalue weighted by atomic mass is 9.84. The van der Waals surface area contributed by atoms with Crippen molar-refractivity contribution >= 4 is 10.9 Å². The zero-order valence-electron chi connectivity index (χ0n) is 15.9. The zero-order valence-corrected chi connectivity index (χ0v) is 15.9. The van der Waals surface area contributed by atoms with E-state index in [1.165, 1.54) is 11.1 Å². The Morgan fingerprint density at radius 2 is 1.69 bits per heavy atom. The van der Waals surface area contributed by atoms with Gasteiger partial charge in [-0.3, -0.25) is 4.79 Å². The molecule has 2 heterocycles. The lowest BCUT2D eigenvalue weighted by Crippen LogP contribution is -2.28. The Balaban J connectivity index is 1.73. The van der Waals surface area contributed by atoms with Crippen LogP contribution < -0.4 is 5.56 Å². The standard InChI is InChI=1S/C25H19N3O/c26-14-13-17-7-1-2-8-18(17)15-22-20-10-4-3-9-19(20)16-28-23-12-6-5-11-21(23)25(29)27-24(22)28/h1-12,22H,13,15-16H2/t22-/m0/s1. The number of hydrogen-bond acceptors (Lipinski definition) is 3. The molecule has 1 aliphatic rings. The summed E-state index contributed by atoms with van der Waals surface area (Å²) in [6, 6.07) is 26.4. The first kappa shape index (κ1) is 17.4. The monoisotopic (exact) mass is 377 g/mol. The molecule has 0 fully saturated rings. The van der Waals surface area contributed by atoms with Gasteiger partial charge in [0, 0.05) is 12.5 Å². The molecule has 0 radical (unpaired) electrons. The third kappa shape index (κ3) is 2.92. The fourth-order valence-electron chi connectivity index (χ4n) is 4.43. The van der Waals surface area contributed by atoms with E-state index in [4.69, 9.17) is 0 Å². The Morgan fingerprint density at radius 3 is 2.55 bits per heavy atom. The lowest BCUT2D eigenvalue weighted by molar-refractivity contribution is 0.602. The highest BCUT2D eigenvalue weighted by Gasteiger charge is 2.29. The van der Waals surface area contributed by atoms with Gasteiger partial charge in [-0.2, -0.15) is 10.2 Å². The summed E-state index contributed by atoms with van der Waals surface area (Å²) in [5.41, 5.74) is 5.37. The summed E-state index contributed by atoms with van der Waals surface area (Å²) in [6.45, 7) is 0.704. The van der Waals surface area contributed by atoms with Crippen molar-refractivity contribution in [3.05, 3.63) is 111 Å². The number of nitriles is 1. The van der Waals surface area contributed by atoms with Crippen molar-refractivity contribution < 1.29 is 0 Å². The molecule has 4 nitrogen and oxygen atoms in total. The first-order valence-electron chi connectivity index (χ1n) is 9.77. The van der Waals surface area contributed by atoms with Crippen molar-refractivity contribution in [2.24, 2.45) is 0 Å². The van der Waals surface area contributed by atoms with Crippen molar-refractivity contribution in [3.63, 3.8) is 0 Å². The van der Waals surface area contributed by atoms with Crippen LogP contribution in [0.2, 0.25) is 0 Å². The minimum absolute atomic E-state index is 0.0305. The molecule has 0 unspecified atom stereocenters. The molecule has 0 amide bonds. The number of benzene rings is 3. The molecule has 1 aromatic heterocycles. The Bertz CT molecular complexity index is 1330. The average Bonchev–Trinajstić information content (AvgIpc) is 2.76. The quantitative estimate of drug-likeness (QED) is 0.538. The molecule has 4 heteroatoms. The highest BCUT2D eigenvalue weighted by molar-refractivity contribution is 5.78. The fourth-order valence-corrected chi connectivity index (χ4v) is 4.43. The van der Waals surface area contributed by atoms with E-state index in [-0.39, 0.29) is 11.5 Å². The van der Waals surface area contributed by atoms with Crippen LogP contribution in [-0.2, 0) is 19.4 Å². The van der Waals surface area contributed by atoms with Crippen LogP contribution in [0.5, 0.6) is 0 Å². The van der Waals surface area contributed by atoms with E-state index in [9.17, 15) is 10.1 Å². The maximum atomic E-state index is 12.8. The highest BCUT2D eigenvalue weighted by Crippen LogP contribution is 2.36. The molecule has 1 atom stereocenters. The Hall–Kier alpha value is -3.71. The average molecular weight is 377 g/mol. The van der Waals surface area contributed by atoms with Gasteiger partial charge < -0.3 is 4.57 Å². The summed E-state index contributed by atoms with van der Waals surface area (Å²) in [4.78, 5) is 17.3. The van der Waals surface area contributed by atoms with Gasteiger partial charge in [-0.1, -0.05) is 60.7 Å². The molecule has 0 spiro atoms. The van der Waals surface area contributed by atoms with Crippen molar-refractivity contribution in [3.8, 4) is 6.07 Å². The van der Waals surface area contributed by atoms with Gasteiger partial charge in [0.2, 0.25) is 0 Å². The topological polar surface area (TPSA) is 58.7 Å². The summed E-state index contributed by atoms with van der Waals surface area (Å²) in [5, 5.41) is 9.86. The van der Waals surface area contributed by atoms with Crippen LogP contribution in [0.1, 0.15) is 34.0 Å². The van der Waals surface area contributed by atoms with E-state index in [0.717, 1.165) is 22.5 Å². The Kier molecular flexibility index (Phi) is 4.22. The molecular formula is C25H19N3O. The van der Waals surface area contributed by atoms with Crippen molar-refractivity contribution in [2.45, 2.75) is 25.3 Å². The molecule has 4 aromatic rings. The SMILES string of the molecule is N#CCc1ccccc1C[C@H]1c2ccccc2Cn2c1nc(=O)c1ccccc12. The van der Waals surface area contributed by atoms with E-state index in [1.807, 2.05) is 48.5 Å². The normalized spacial score (nSPS) is 14.8. The molecule has 0 aliphatic carbocycles. The van der Waals surface area contributed by atoms with Gasteiger partial charge in [-0.15, -0.1) is 0 Å². The van der Waals surface area contributed by atoms with Crippen molar-refractivity contribution in [2.75, 3.05) is 0 Å². The van der Waals surface area contributed by atoms with E-state index in [2.05, 4.69) is 39.9 Å². The van der Waals surface area contributed by atoms with Gasteiger partial charge >= 0.3 is 0 Å². The van der Waals surface area contributed by atoms with E-state index < -0.39 is 0 Å². The molecule has 3 aromatic carbocycles. The number of aromatic nitrogens is 2. The first-order chi connectivity index (χ1) is 14.3. The van der Waals surface area contributed by atoms with E-state index >= 15 is 0 Å². The van der Waals surface area contributed by atoms with Crippen LogP contribution in [-0.4, -0.2) is 9.55 Å². The predicted octanol–water partition coefficient (Wildman–Crippen LogP) is 4.20. The molecule has 1 aliphatic heterocycles. The first-order valence-corrected chi connectivity index (χ1v) is 9.77. The van der Waals surface area contributed by atoms with Crippen LogP contribution in [0.3, 0.4) is 0 Å². The Morgan fingerprint density at radius 1 is 0.966 bits per heavy atom. The minimum atomic E-state index is -0.179. The van der Waals surface area contributed by atoms with Crippen LogP contribution in [0.4, 0.5) is 0 Å². The van der Waals surface area contributed by atoms with Gasteiger partial charge in [-0.05, 0) is 40.8 Å². The molecular weight excluding hydrogens is 358 g/mol. The number of nitrogens with zero attached hydrogens (tertiary/aromatic N) is 3. The highest BCUT2D eigenvalue weighted by atomic mass is 16.1. The molecule has 29 heavy (non-hydrogen) atoms. The lowest BCUT2D eigenvalue weighted by Gasteiger charge is -2.30. The van der Waals surface area contributed by atoms with Gasteiger partial charge in [0.05, 0.1) is 23.4 Å². The second-order valence-electron chi connectivity index (χ2n) is 7.44. The smallest absolute Gasteiger partial charge is 0.280 e. The third-order valence-electron chi connectivity index (χ3n) is 5.80. The summed E-state index contributed by atoms with van der Waals surface area (Å²) in [5.74, 6) is 0.774. The third-order valence-corrected chi connectivity index (χ3v) is 5.80. The van der Waals surface area contributed by atoms with E-state index in [1.54, 1.807) is 0 Å². The zero-order chi connectivity index (χ0) is 19.8. The summed E-state index contributed by atoms with van der Waals surface area (Å²) in [7, 11) is 0. The second kappa shape index (κ2) is 7.03. The van der Waals surface area contributed by atoms with Crippen LogP contribution in [0.15, 0.2) is 77.6 Å². The van der Waals surface area contributed by atoms with Gasteiger partial charge in [0.15, 0.2) is 0 Å². The van der Waals surface area contributed by atoms with Crippen LogP contribution >= 0.6 is 0 Å². The number of para-hydroxylation sites is 1. The van der Waals surface area contributed by atoms with Gasteiger partial charge in [0.25, 0.3) is 5.56 Å². The molecule has 140 valence electrons. The van der Waals surface area contributed by atoms with Crippen molar-refractivity contribution in [1.29, 1.82) is 5.26 Å². The van der Waals surface area contributed by atoms with Crippen LogP contribution in [0, 0.1) is 11.3 Å². The molecule has 5 rings (SSSR count). The summed E-state index contributed by atoms with van der Waals surface area (Å²) in [6.07, 6.45) is 1.09. The predicted molar refractivity (Wildman–Crippen MR) is 113 cm³/mol. The largest absolute Gasteiger partial charge is 0.324 e. The number of rotatable bonds is 3. The van der Waals surface area contributed by atoms with E-state index in [0.29, 0.717) is 24.8 Å².